The lowest BCUT2D eigenvalue weighted by Crippen LogP contribution is -2.59. The van der Waals surface area contributed by atoms with Gasteiger partial charge in [0.25, 0.3) is 0 Å². The number of ether oxygens (including phenoxy) is 1. The minimum Gasteiger partial charge on any atom is -0.479 e. The molecule has 1 aromatic heterocycles. The van der Waals surface area contributed by atoms with E-state index in [2.05, 4.69) is 14.8 Å². The average molecular weight is 310 g/mol. The molecule has 1 saturated heterocycles. The van der Waals surface area contributed by atoms with E-state index in [1.54, 1.807) is 12.3 Å². The van der Waals surface area contributed by atoms with Crippen LogP contribution in [0.1, 0.15) is 19.4 Å². The predicted molar refractivity (Wildman–Crippen MR) is 80.9 cm³/mol. The second-order valence-electron chi connectivity index (χ2n) is 5.98. The molecule has 2 rings (SSSR count). The third kappa shape index (κ3) is 3.36. The molecule has 2 N–H and O–H groups in total. The normalized spacial score (nSPS) is 17.5. The first kappa shape index (κ1) is 16.6. The molecule has 0 radical (unpaired) electrons. The van der Waals surface area contributed by atoms with Gasteiger partial charge in [0, 0.05) is 44.5 Å². The number of primary amides is 1. The Hall–Kier alpha value is -1.73. The molecule has 1 amide bonds. The number of hydrogen-bond acceptors (Lipinski definition) is 5. The SMILES string of the molecule is COc1nccc(CN2CCN(C(C)(C)C(N)=O)CC2)c1F. The van der Waals surface area contributed by atoms with Crippen LogP contribution in [0.3, 0.4) is 0 Å². The van der Waals surface area contributed by atoms with Crippen molar-refractivity contribution in [1.82, 2.24) is 14.8 Å². The maximum absolute atomic E-state index is 14.1. The molecule has 7 heteroatoms. The Morgan fingerprint density at radius 2 is 2.05 bits per heavy atom. The van der Waals surface area contributed by atoms with Crippen molar-refractivity contribution >= 4 is 5.91 Å². The number of rotatable bonds is 5. The van der Waals surface area contributed by atoms with Crippen LogP contribution in [0.15, 0.2) is 12.3 Å². The molecule has 0 aromatic carbocycles. The average Bonchev–Trinajstić information content (AvgIpc) is 2.50. The standard InChI is InChI=1S/C15H23FN4O2/c1-15(2,14(17)21)20-8-6-19(7-9-20)10-11-4-5-18-13(22-3)12(11)16/h4-5H,6-10H2,1-3H3,(H2,17,21). The number of carbonyl (C=O) groups excluding carboxylic acids is 1. The van der Waals surface area contributed by atoms with Crippen LogP contribution in [0.5, 0.6) is 5.88 Å². The number of methoxy groups -OCH3 is 1. The summed E-state index contributed by atoms with van der Waals surface area (Å²) in [6.07, 6.45) is 1.55. The molecule has 0 spiro atoms. The van der Waals surface area contributed by atoms with Gasteiger partial charge in [-0.25, -0.2) is 9.37 Å². The first-order valence-corrected chi connectivity index (χ1v) is 7.31. The molecule has 2 heterocycles. The smallest absolute Gasteiger partial charge is 0.250 e. The molecular formula is C15H23FN4O2. The molecule has 1 fully saturated rings. The van der Waals surface area contributed by atoms with E-state index in [-0.39, 0.29) is 11.8 Å². The molecule has 0 bridgehead atoms. The second kappa shape index (κ2) is 6.58. The highest BCUT2D eigenvalue weighted by molar-refractivity contribution is 5.83. The molecule has 22 heavy (non-hydrogen) atoms. The van der Waals surface area contributed by atoms with Crippen molar-refractivity contribution in [1.29, 1.82) is 0 Å². The van der Waals surface area contributed by atoms with Crippen molar-refractivity contribution in [2.24, 2.45) is 5.73 Å². The van der Waals surface area contributed by atoms with Crippen molar-refractivity contribution < 1.29 is 13.9 Å². The zero-order valence-corrected chi connectivity index (χ0v) is 13.3. The summed E-state index contributed by atoms with van der Waals surface area (Å²) in [7, 11) is 1.40. The van der Waals surface area contributed by atoms with Crippen molar-refractivity contribution in [3.8, 4) is 5.88 Å². The molecular weight excluding hydrogens is 287 g/mol. The van der Waals surface area contributed by atoms with E-state index in [9.17, 15) is 9.18 Å². The van der Waals surface area contributed by atoms with Crippen LogP contribution >= 0.6 is 0 Å². The molecule has 0 atom stereocenters. The number of piperazine rings is 1. The van der Waals surface area contributed by atoms with E-state index < -0.39 is 11.4 Å². The third-order valence-corrected chi connectivity index (χ3v) is 4.29. The Morgan fingerprint density at radius 3 is 2.59 bits per heavy atom. The van der Waals surface area contributed by atoms with Gasteiger partial charge in [-0.15, -0.1) is 0 Å². The van der Waals surface area contributed by atoms with Crippen LogP contribution in [-0.4, -0.2) is 59.5 Å². The molecule has 0 unspecified atom stereocenters. The van der Waals surface area contributed by atoms with Crippen LogP contribution in [0.2, 0.25) is 0 Å². The first-order chi connectivity index (χ1) is 10.4. The molecule has 1 aliphatic heterocycles. The van der Waals surface area contributed by atoms with Gasteiger partial charge in [0.05, 0.1) is 12.6 Å². The van der Waals surface area contributed by atoms with Gasteiger partial charge in [-0.1, -0.05) is 0 Å². The summed E-state index contributed by atoms with van der Waals surface area (Å²) in [4.78, 5) is 19.6. The lowest BCUT2D eigenvalue weighted by Gasteiger charge is -2.42. The predicted octanol–water partition coefficient (Wildman–Crippen LogP) is 0.611. The van der Waals surface area contributed by atoms with Crippen molar-refractivity contribution in [3.05, 3.63) is 23.6 Å². The summed E-state index contributed by atoms with van der Waals surface area (Å²) in [5, 5.41) is 0. The number of nitrogens with two attached hydrogens (primary N) is 1. The number of nitrogens with zero attached hydrogens (tertiary/aromatic N) is 3. The highest BCUT2D eigenvalue weighted by atomic mass is 19.1. The Bertz CT molecular complexity index is 542. The first-order valence-electron chi connectivity index (χ1n) is 7.31. The van der Waals surface area contributed by atoms with Crippen molar-refractivity contribution in [2.45, 2.75) is 25.9 Å². The van der Waals surface area contributed by atoms with Gasteiger partial charge in [-0.2, -0.15) is 0 Å². The Morgan fingerprint density at radius 1 is 1.41 bits per heavy atom. The summed E-state index contributed by atoms with van der Waals surface area (Å²) in [5.41, 5.74) is 5.36. The molecule has 0 aliphatic carbocycles. The number of aromatic nitrogens is 1. The van der Waals surface area contributed by atoms with Crippen LogP contribution < -0.4 is 10.5 Å². The van der Waals surface area contributed by atoms with Gasteiger partial charge < -0.3 is 10.5 Å². The van der Waals surface area contributed by atoms with Crippen molar-refractivity contribution in [2.75, 3.05) is 33.3 Å². The summed E-state index contributed by atoms with van der Waals surface area (Å²) in [5.74, 6) is -0.721. The van der Waals surface area contributed by atoms with Gasteiger partial charge in [0.2, 0.25) is 11.8 Å². The summed E-state index contributed by atoms with van der Waals surface area (Å²) < 4.78 is 19.0. The monoisotopic (exact) mass is 310 g/mol. The van der Waals surface area contributed by atoms with Gasteiger partial charge in [0.15, 0.2) is 5.82 Å². The van der Waals surface area contributed by atoms with E-state index in [1.807, 2.05) is 13.8 Å². The minimum absolute atomic E-state index is 0.0194. The third-order valence-electron chi connectivity index (χ3n) is 4.29. The van der Waals surface area contributed by atoms with Crippen LogP contribution in [0.25, 0.3) is 0 Å². The Kier molecular flexibility index (Phi) is 4.97. The van der Waals surface area contributed by atoms with Gasteiger partial charge in [0.1, 0.15) is 0 Å². The fourth-order valence-electron chi connectivity index (χ4n) is 2.59. The Labute approximate surface area is 130 Å². The number of amides is 1. The zero-order chi connectivity index (χ0) is 16.3. The molecule has 1 aromatic rings. The molecule has 122 valence electrons. The van der Waals surface area contributed by atoms with E-state index in [0.717, 1.165) is 26.2 Å². The maximum Gasteiger partial charge on any atom is 0.250 e. The topological polar surface area (TPSA) is 71.7 Å². The second-order valence-corrected chi connectivity index (χ2v) is 5.98. The highest BCUT2D eigenvalue weighted by Crippen LogP contribution is 2.21. The van der Waals surface area contributed by atoms with E-state index in [4.69, 9.17) is 10.5 Å². The quantitative estimate of drug-likeness (QED) is 0.863. The minimum atomic E-state index is -0.656. The molecule has 0 saturated carbocycles. The fourth-order valence-corrected chi connectivity index (χ4v) is 2.59. The van der Waals surface area contributed by atoms with Crippen LogP contribution in [0.4, 0.5) is 4.39 Å². The van der Waals surface area contributed by atoms with E-state index >= 15 is 0 Å². The van der Waals surface area contributed by atoms with Crippen LogP contribution in [0, 0.1) is 5.82 Å². The fraction of sp³-hybridized carbons (Fsp3) is 0.600. The van der Waals surface area contributed by atoms with E-state index in [0.29, 0.717) is 12.1 Å². The maximum atomic E-state index is 14.1. The van der Waals surface area contributed by atoms with Gasteiger partial charge in [-0.3, -0.25) is 14.6 Å². The summed E-state index contributed by atoms with van der Waals surface area (Å²) in [6.45, 7) is 7.10. The van der Waals surface area contributed by atoms with Gasteiger partial charge >= 0.3 is 0 Å². The largest absolute Gasteiger partial charge is 0.479 e. The van der Waals surface area contributed by atoms with E-state index in [1.165, 1.54) is 7.11 Å². The lowest BCUT2D eigenvalue weighted by atomic mass is 10.0. The molecule has 6 nitrogen and oxygen atoms in total. The number of halogens is 1. The zero-order valence-electron chi connectivity index (χ0n) is 13.3. The molecule has 1 aliphatic rings. The van der Waals surface area contributed by atoms with Crippen LogP contribution in [-0.2, 0) is 11.3 Å². The number of pyridine rings is 1. The van der Waals surface area contributed by atoms with Gasteiger partial charge in [-0.05, 0) is 19.9 Å². The number of hydrogen-bond donors (Lipinski definition) is 1. The van der Waals surface area contributed by atoms with Crippen molar-refractivity contribution in [3.63, 3.8) is 0 Å². The lowest BCUT2D eigenvalue weighted by molar-refractivity contribution is -0.129. The summed E-state index contributed by atoms with van der Waals surface area (Å²) in [6, 6.07) is 1.66. The highest BCUT2D eigenvalue weighted by Gasteiger charge is 2.34. The summed E-state index contributed by atoms with van der Waals surface area (Å²) >= 11 is 0. The Balaban J connectivity index is 1.97. The number of carbonyl (C=O) groups is 1.